The van der Waals surface area contributed by atoms with E-state index in [2.05, 4.69) is 5.16 Å². The molecule has 8 heteroatoms. The van der Waals surface area contributed by atoms with E-state index in [1.807, 2.05) is 31.2 Å². The normalized spacial score (nSPS) is 16.6. The van der Waals surface area contributed by atoms with E-state index in [0.29, 0.717) is 44.8 Å². The molecular weight excluding hydrogens is 384 g/mol. The number of anilines is 1. The van der Waals surface area contributed by atoms with Crippen LogP contribution in [0.3, 0.4) is 0 Å². The van der Waals surface area contributed by atoms with E-state index in [0.717, 1.165) is 22.5 Å². The van der Waals surface area contributed by atoms with Gasteiger partial charge >= 0.3 is 0 Å². The van der Waals surface area contributed by atoms with Gasteiger partial charge in [-0.05, 0) is 31.9 Å². The van der Waals surface area contributed by atoms with E-state index in [1.165, 1.54) is 0 Å². The second-order valence-electron chi connectivity index (χ2n) is 7.85. The van der Waals surface area contributed by atoms with Gasteiger partial charge in [0, 0.05) is 43.9 Å². The van der Waals surface area contributed by atoms with Gasteiger partial charge in [-0.15, -0.1) is 0 Å². The van der Waals surface area contributed by atoms with Gasteiger partial charge in [0.05, 0.1) is 12.1 Å². The van der Waals surface area contributed by atoms with E-state index >= 15 is 0 Å². The van der Waals surface area contributed by atoms with Crippen LogP contribution in [0.4, 0.5) is 5.69 Å². The van der Waals surface area contributed by atoms with Crippen LogP contribution in [0.5, 0.6) is 0 Å². The summed E-state index contributed by atoms with van der Waals surface area (Å²) in [6, 6.07) is 7.74. The molecule has 2 aliphatic heterocycles. The maximum absolute atomic E-state index is 12.9. The Hall–Kier alpha value is -3.16. The molecule has 0 spiro atoms. The third kappa shape index (κ3) is 3.94. The first-order valence-electron chi connectivity index (χ1n) is 10.3. The average molecular weight is 410 g/mol. The number of piperazine rings is 1. The quantitative estimate of drug-likeness (QED) is 0.762. The molecule has 2 aromatic rings. The molecule has 0 bridgehead atoms. The Morgan fingerprint density at radius 2 is 1.67 bits per heavy atom. The lowest BCUT2D eigenvalue weighted by Crippen LogP contribution is -2.53. The van der Waals surface area contributed by atoms with Crippen molar-refractivity contribution in [3.05, 3.63) is 46.8 Å². The highest BCUT2D eigenvalue weighted by atomic mass is 16.5. The van der Waals surface area contributed by atoms with Crippen molar-refractivity contribution in [3.63, 3.8) is 0 Å². The summed E-state index contributed by atoms with van der Waals surface area (Å²) in [6.45, 7) is 5.58. The van der Waals surface area contributed by atoms with Crippen molar-refractivity contribution in [2.75, 3.05) is 37.6 Å². The first-order chi connectivity index (χ1) is 14.4. The minimum absolute atomic E-state index is 0.0108. The van der Waals surface area contributed by atoms with Crippen molar-refractivity contribution in [1.82, 2.24) is 15.0 Å². The number of amides is 3. The number of hydrogen-bond donors (Lipinski definition) is 0. The zero-order valence-corrected chi connectivity index (χ0v) is 17.4. The largest absolute Gasteiger partial charge is 0.361 e. The molecule has 0 N–H and O–H groups in total. The number of carbonyl (C=O) groups is 3. The zero-order chi connectivity index (χ0) is 21.3. The molecule has 1 fully saturated rings. The number of benzene rings is 1. The van der Waals surface area contributed by atoms with E-state index in [4.69, 9.17) is 4.52 Å². The standard InChI is InChI=1S/C22H26N4O4/c1-15-18(16(2)30-23-15)13-21(28)24-9-11-25(12-10-24)22(29)14-26-19-6-4-3-5-17(19)7-8-20(26)27/h3-6H,7-14H2,1-2H3. The fourth-order valence-corrected chi connectivity index (χ4v) is 4.13. The third-order valence-electron chi connectivity index (χ3n) is 5.98. The highest BCUT2D eigenvalue weighted by molar-refractivity contribution is 6.01. The molecule has 0 atom stereocenters. The molecule has 1 saturated heterocycles. The highest BCUT2D eigenvalue weighted by Gasteiger charge is 2.30. The molecule has 0 radical (unpaired) electrons. The van der Waals surface area contributed by atoms with Crippen molar-refractivity contribution >= 4 is 23.4 Å². The van der Waals surface area contributed by atoms with Gasteiger partial charge in [-0.2, -0.15) is 0 Å². The summed E-state index contributed by atoms with van der Waals surface area (Å²) < 4.78 is 5.13. The SMILES string of the molecule is Cc1noc(C)c1CC(=O)N1CCN(C(=O)CN2C(=O)CCc3ccccc32)CC1. The first kappa shape index (κ1) is 20.1. The lowest BCUT2D eigenvalue weighted by molar-refractivity contribution is -0.138. The van der Waals surface area contributed by atoms with Crippen LogP contribution in [0.25, 0.3) is 0 Å². The third-order valence-corrected chi connectivity index (χ3v) is 5.98. The monoisotopic (exact) mass is 410 g/mol. The van der Waals surface area contributed by atoms with Crippen molar-refractivity contribution in [2.45, 2.75) is 33.1 Å². The summed E-state index contributed by atoms with van der Waals surface area (Å²) in [6.07, 6.45) is 1.40. The maximum Gasteiger partial charge on any atom is 0.242 e. The number of hydrogen-bond acceptors (Lipinski definition) is 5. The molecule has 3 heterocycles. The van der Waals surface area contributed by atoms with Gasteiger partial charge in [0.2, 0.25) is 17.7 Å². The van der Waals surface area contributed by atoms with Gasteiger partial charge in [0.1, 0.15) is 12.3 Å². The summed E-state index contributed by atoms with van der Waals surface area (Å²) in [4.78, 5) is 43.0. The molecule has 158 valence electrons. The smallest absolute Gasteiger partial charge is 0.242 e. The number of para-hydroxylation sites is 1. The minimum Gasteiger partial charge on any atom is -0.361 e. The van der Waals surface area contributed by atoms with Gasteiger partial charge in [0.25, 0.3) is 0 Å². The molecule has 1 aromatic heterocycles. The molecule has 0 saturated carbocycles. The fourth-order valence-electron chi connectivity index (χ4n) is 4.13. The zero-order valence-electron chi connectivity index (χ0n) is 17.4. The number of fused-ring (bicyclic) bond motifs is 1. The summed E-state index contributed by atoms with van der Waals surface area (Å²) in [7, 11) is 0. The Morgan fingerprint density at radius 3 is 2.33 bits per heavy atom. The number of aromatic nitrogens is 1. The van der Waals surface area contributed by atoms with Crippen molar-refractivity contribution in [3.8, 4) is 0 Å². The lowest BCUT2D eigenvalue weighted by Gasteiger charge is -2.36. The first-order valence-corrected chi connectivity index (χ1v) is 10.3. The number of aryl methyl sites for hydroxylation is 3. The number of carbonyl (C=O) groups excluding carboxylic acids is 3. The predicted octanol–water partition coefficient (Wildman–Crippen LogP) is 1.48. The molecule has 4 rings (SSSR count). The van der Waals surface area contributed by atoms with Crippen LogP contribution in [0.2, 0.25) is 0 Å². The molecular formula is C22H26N4O4. The van der Waals surface area contributed by atoms with Crippen molar-refractivity contribution in [1.29, 1.82) is 0 Å². The number of nitrogens with zero attached hydrogens (tertiary/aromatic N) is 4. The fraction of sp³-hybridized carbons (Fsp3) is 0.455. The molecule has 0 unspecified atom stereocenters. The molecule has 1 aromatic carbocycles. The second-order valence-corrected chi connectivity index (χ2v) is 7.85. The Kier molecular flexibility index (Phi) is 5.57. The van der Waals surface area contributed by atoms with E-state index in [1.54, 1.807) is 21.6 Å². The molecule has 30 heavy (non-hydrogen) atoms. The Labute approximate surface area is 175 Å². The van der Waals surface area contributed by atoms with Crippen molar-refractivity contribution < 1.29 is 18.9 Å². The molecule has 0 aliphatic carbocycles. The van der Waals surface area contributed by atoms with Gasteiger partial charge in [-0.25, -0.2) is 0 Å². The van der Waals surface area contributed by atoms with E-state index in [9.17, 15) is 14.4 Å². The van der Waals surface area contributed by atoms with Crippen LogP contribution >= 0.6 is 0 Å². The van der Waals surface area contributed by atoms with Gasteiger partial charge < -0.3 is 19.2 Å². The van der Waals surface area contributed by atoms with Crippen LogP contribution in [-0.4, -0.2) is 65.4 Å². The van der Waals surface area contributed by atoms with Crippen LogP contribution in [-0.2, 0) is 27.2 Å². The van der Waals surface area contributed by atoms with Crippen molar-refractivity contribution in [2.24, 2.45) is 0 Å². The van der Waals surface area contributed by atoms with Crippen LogP contribution in [0.1, 0.15) is 29.0 Å². The Balaban J connectivity index is 1.34. The van der Waals surface area contributed by atoms with Crippen LogP contribution in [0.15, 0.2) is 28.8 Å². The van der Waals surface area contributed by atoms with Gasteiger partial charge in [-0.3, -0.25) is 14.4 Å². The topological polar surface area (TPSA) is 87.0 Å². The van der Waals surface area contributed by atoms with Gasteiger partial charge in [-0.1, -0.05) is 23.4 Å². The average Bonchev–Trinajstić information content (AvgIpc) is 3.07. The van der Waals surface area contributed by atoms with Crippen LogP contribution < -0.4 is 4.90 Å². The maximum atomic E-state index is 12.9. The van der Waals surface area contributed by atoms with E-state index in [-0.39, 0.29) is 30.7 Å². The van der Waals surface area contributed by atoms with Crippen LogP contribution in [0, 0.1) is 13.8 Å². The predicted molar refractivity (Wildman–Crippen MR) is 110 cm³/mol. The molecule has 3 amide bonds. The Morgan fingerprint density at radius 1 is 1.00 bits per heavy atom. The molecule has 2 aliphatic rings. The lowest BCUT2D eigenvalue weighted by atomic mass is 10.0. The Bertz CT molecular complexity index is 956. The van der Waals surface area contributed by atoms with E-state index < -0.39 is 0 Å². The minimum atomic E-state index is -0.0853. The van der Waals surface area contributed by atoms with Gasteiger partial charge in [0.15, 0.2) is 0 Å². The summed E-state index contributed by atoms with van der Waals surface area (Å²) in [5.41, 5.74) is 3.50. The summed E-state index contributed by atoms with van der Waals surface area (Å²) in [5, 5.41) is 3.90. The highest BCUT2D eigenvalue weighted by Crippen LogP contribution is 2.27. The summed E-state index contributed by atoms with van der Waals surface area (Å²) >= 11 is 0. The second kappa shape index (κ2) is 8.30. The number of rotatable bonds is 4. The molecule has 8 nitrogen and oxygen atoms in total. The summed E-state index contributed by atoms with van der Waals surface area (Å²) in [5.74, 6) is 0.575.